The molecule has 6 nitrogen and oxygen atoms in total. The van der Waals surface area contributed by atoms with Crippen LogP contribution < -0.4 is 9.64 Å². The number of ether oxygens (including phenoxy) is 1. The summed E-state index contributed by atoms with van der Waals surface area (Å²) in [5, 5.41) is 12.1. The summed E-state index contributed by atoms with van der Waals surface area (Å²) in [6.07, 6.45) is 1.85. The first-order valence-corrected chi connectivity index (χ1v) is 12.9. The summed E-state index contributed by atoms with van der Waals surface area (Å²) in [6, 6.07) is 16.6. The lowest BCUT2D eigenvalue weighted by Gasteiger charge is -2.23. The molecule has 9 heteroatoms. The smallest absolute Gasteiger partial charge is 0.301 e. The molecule has 0 spiro atoms. The Balaban J connectivity index is 1.64. The molecular weight excluding hydrogens is 515 g/mol. The highest BCUT2D eigenvalue weighted by Gasteiger charge is 2.48. The van der Waals surface area contributed by atoms with Gasteiger partial charge in [0.15, 0.2) is 5.13 Å². The number of unbranched alkanes of at least 4 members (excludes halogenated alkanes) is 1. The van der Waals surface area contributed by atoms with Gasteiger partial charge < -0.3 is 9.84 Å². The fourth-order valence-electron chi connectivity index (χ4n) is 4.20. The fourth-order valence-corrected chi connectivity index (χ4v) is 5.35. The van der Waals surface area contributed by atoms with Crippen LogP contribution in [0.3, 0.4) is 0 Å². The Bertz CT molecular complexity index is 1530. The van der Waals surface area contributed by atoms with E-state index in [2.05, 4.69) is 11.9 Å². The van der Waals surface area contributed by atoms with Crippen molar-refractivity contribution in [2.45, 2.75) is 25.8 Å². The lowest BCUT2D eigenvalue weighted by Crippen LogP contribution is -2.29. The van der Waals surface area contributed by atoms with Gasteiger partial charge in [0.2, 0.25) is 0 Å². The van der Waals surface area contributed by atoms with Gasteiger partial charge in [0.05, 0.1) is 28.4 Å². The van der Waals surface area contributed by atoms with E-state index in [1.165, 1.54) is 23.1 Å². The summed E-state index contributed by atoms with van der Waals surface area (Å²) >= 11 is 7.18. The Kier molecular flexibility index (Phi) is 6.95. The van der Waals surface area contributed by atoms with Gasteiger partial charge in [-0.3, -0.25) is 14.5 Å². The predicted molar refractivity (Wildman–Crippen MR) is 143 cm³/mol. The number of Topliss-reactive ketones (excluding diaryl/α,β-unsaturated/α-hetero) is 1. The summed E-state index contributed by atoms with van der Waals surface area (Å²) in [5.74, 6) is -1.89. The molecule has 0 saturated carbocycles. The molecule has 1 aliphatic rings. The standard InChI is InChI=1S/C28H22ClFN2O4S/c1-2-3-13-36-20-6-4-5-17(14-20)25(33)23-24(16-7-9-18(29)10-8-16)32(27(35)26(23)34)28-31-21-12-11-19(30)15-22(21)37-28/h4-12,14-15,24,33H,2-3,13H2,1H3/b25-23+. The second kappa shape index (κ2) is 10.3. The number of anilines is 1. The molecule has 1 atom stereocenters. The van der Waals surface area contributed by atoms with Crippen molar-refractivity contribution in [3.63, 3.8) is 0 Å². The van der Waals surface area contributed by atoms with Crippen LogP contribution in [0, 0.1) is 5.82 Å². The third-order valence-corrected chi connectivity index (χ3v) is 7.32. The van der Waals surface area contributed by atoms with Crippen molar-refractivity contribution >= 4 is 55.7 Å². The zero-order valence-corrected chi connectivity index (χ0v) is 21.4. The largest absolute Gasteiger partial charge is 0.507 e. The molecule has 0 radical (unpaired) electrons. The maximum absolute atomic E-state index is 13.8. The normalized spacial score (nSPS) is 17.1. The minimum absolute atomic E-state index is 0.0801. The van der Waals surface area contributed by atoms with Crippen molar-refractivity contribution in [1.29, 1.82) is 0 Å². The number of benzene rings is 3. The second-order valence-electron chi connectivity index (χ2n) is 8.56. The summed E-state index contributed by atoms with van der Waals surface area (Å²) < 4.78 is 20.1. The average Bonchev–Trinajstić information content (AvgIpc) is 3.42. The number of fused-ring (bicyclic) bond motifs is 1. The first-order chi connectivity index (χ1) is 17.9. The van der Waals surface area contributed by atoms with Crippen LogP contribution in [0.15, 0.2) is 72.3 Å². The van der Waals surface area contributed by atoms with Crippen LogP contribution in [0.2, 0.25) is 5.02 Å². The second-order valence-corrected chi connectivity index (χ2v) is 10.0. The van der Waals surface area contributed by atoms with Crippen LogP contribution in [0.5, 0.6) is 5.75 Å². The number of hydrogen-bond donors (Lipinski definition) is 1. The zero-order valence-electron chi connectivity index (χ0n) is 19.8. The average molecular weight is 537 g/mol. The van der Waals surface area contributed by atoms with Gasteiger partial charge in [0.25, 0.3) is 5.78 Å². The Morgan fingerprint density at radius 1 is 1.14 bits per heavy atom. The quantitative estimate of drug-likeness (QED) is 0.120. The molecule has 1 fully saturated rings. The Morgan fingerprint density at radius 3 is 2.68 bits per heavy atom. The zero-order chi connectivity index (χ0) is 26.1. The van der Waals surface area contributed by atoms with Crippen molar-refractivity contribution in [3.05, 3.63) is 94.3 Å². The highest BCUT2D eigenvalue weighted by Crippen LogP contribution is 2.44. The van der Waals surface area contributed by atoms with E-state index in [0.717, 1.165) is 24.2 Å². The Labute approximate surface area is 221 Å². The number of rotatable bonds is 7. The van der Waals surface area contributed by atoms with Crippen molar-refractivity contribution in [2.75, 3.05) is 11.5 Å². The summed E-state index contributed by atoms with van der Waals surface area (Å²) in [6.45, 7) is 2.58. The summed E-state index contributed by atoms with van der Waals surface area (Å²) in [7, 11) is 0. The lowest BCUT2D eigenvalue weighted by molar-refractivity contribution is -0.132. The van der Waals surface area contributed by atoms with E-state index in [0.29, 0.717) is 38.7 Å². The Morgan fingerprint density at radius 2 is 1.92 bits per heavy atom. The van der Waals surface area contributed by atoms with E-state index in [4.69, 9.17) is 16.3 Å². The number of halogens is 2. The van der Waals surface area contributed by atoms with Gasteiger partial charge in [-0.15, -0.1) is 0 Å². The van der Waals surface area contributed by atoms with Crippen molar-refractivity contribution < 1.29 is 23.8 Å². The monoisotopic (exact) mass is 536 g/mol. The molecular formula is C28H22ClFN2O4S. The molecule has 4 aromatic rings. The van der Waals surface area contributed by atoms with E-state index >= 15 is 0 Å². The number of ketones is 1. The number of aliphatic hydroxyl groups excluding tert-OH is 1. The minimum Gasteiger partial charge on any atom is -0.507 e. The summed E-state index contributed by atoms with van der Waals surface area (Å²) in [4.78, 5) is 32.5. The third-order valence-electron chi connectivity index (χ3n) is 6.05. The van der Waals surface area contributed by atoms with Crippen molar-refractivity contribution in [3.8, 4) is 5.75 Å². The minimum atomic E-state index is -0.965. The maximum Gasteiger partial charge on any atom is 0.301 e. The van der Waals surface area contributed by atoms with Crippen LogP contribution in [-0.4, -0.2) is 28.4 Å². The SMILES string of the molecule is CCCCOc1cccc(/C(O)=C2\C(=O)C(=O)N(c3nc4ccc(F)cc4s3)C2c2ccc(Cl)cc2)c1. The third kappa shape index (κ3) is 4.82. The molecule has 1 amide bonds. The van der Waals surface area contributed by atoms with Gasteiger partial charge in [-0.25, -0.2) is 9.37 Å². The van der Waals surface area contributed by atoms with Crippen molar-refractivity contribution in [2.24, 2.45) is 0 Å². The van der Waals surface area contributed by atoms with Gasteiger partial charge in [0, 0.05) is 10.6 Å². The van der Waals surface area contributed by atoms with E-state index in [-0.39, 0.29) is 16.5 Å². The molecule has 1 unspecified atom stereocenters. The van der Waals surface area contributed by atoms with Crippen LogP contribution in [0.25, 0.3) is 16.0 Å². The molecule has 1 N–H and O–H groups in total. The summed E-state index contributed by atoms with van der Waals surface area (Å²) in [5.41, 5.74) is 1.32. The number of carbonyl (C=O) groups excluding carboxylic acids is 2. The number of hydrogen-bond acceptors (Lipinski definition) is 6. The van der Waals surface area contributed by atoms with Gasteiger partial charge in [-0.1, -0.05) is 60.5 Å². The van der Waals surface area contributed by atoms with Crippen LogP contribution >= 0.6 is 22.9 Å². The molecule has 1 saturated heterocycles. The molecule has 1 aromatic heterocycles. The lowest BCUT2D eigenvalue weighted by atomic mass is 9.95. The molecule has 5 rings (SSSR count). The van der Waals surface area contributed by atoms with E-state index in [1.54, 1.807) is 48.5 Å². The number of thiazole rings is 1. The van der Waals surface area contributed by atoms with Crippen LogP contribution in [0.4, 0.5) is 9.52 Å². The molecule has 2 heterocycles. The van der Waals surface area contributed by atoms with Crippen molar-refractivity contribution in [1.82, 2.24) is 4.98 Å². The van der Waals surface area contributed by atoms with Gasteiger partial charge in [-0.2, -0.15) is 0 Å². The molecule has 188 valence electrons. The van der Waals surface area contributed by atoms with E-state index < -0.39 is 23.5 Å². The number of nitrogens with zero attached hydrogens (tertiary/aromatic N) is 2. The first kappa shape index (κ1) is 24.9. The maximum atomic E-state index is 13.8. The Hall–Kier alpha value is -3.75. The van der Waals surface area contributed by atoms with Crippen LogP contribution in [-0.2, 0) is 9.59 Å². The highest BCUT2D eigenvalue weighted by atomic mass is 35.5. The topological polar surface area (TPSA) is 79.7 Å². The highest BCUT2D eigenvalue weighted by molar-refractivity contribution is 7.22. The number of carbonyl (C=O) groups is 2. The molecule has 1 aliphatic heterocycles. The molecule has 37 heavy (non-hydrogen) atoms. The molecule has 0 bridgehead atoms. The van der Waals surface area contributed by atoms with Gasteiger partial charge in [-0.05, 0) is 54.4 Å². The predicted octanol–water partition coefficient (Wildman–Crippen LogP) is 6.89. The van der Waals surface area contributed by atoms with E-state index in [9.17, 15) is 19.1 Å². The number of amides is 1. The van der Waals surface area contributed by atoms with Gasteiger partial charge in [0.1, 0.15) is 17.3 Å². The molecule has 0 aliphatic carbocycles. The van der Waals surface area contributed by atoms with Crippen LogP contribution in [0.1, 0.15) is 36.9 Å². The van der Waals surface area contributed by atoms with E-state index in [1.807, 2.05) is 0 Å². The van der Waals surface area contributed by atoms with Gasteiger partial charge >= 0.3 is 5.91 Å². The molecule has 3 aromatic carbocycles. The number of aliphatic hydroxyl groups is 1. The first-order valence-electron chi connectivity index (χ1n) is 11.7. The fraction of sp³-hybridized carbons (Fsp3) is 0.179. The number of aromatic nitrogens is 1.